The molecule has 3 nitrogen and oxygen atoms in total. The number of nitrogens with zero attached hydrogens (tertiary/aromatic N) is 2. The largest absolute Gasteiger partial charge is 0.327 e. The van der Waals surface area contributed by atoms with E-state index in [2.05, 4.69) is 36.3 Å². The first-order valence-electron chi connectivity index (χ1n) is 6.60. The van der Waals surface area contributed by atoms with Crippen LogP contribution in [0.2, 0.25) is 5.15 Å². The maximum atomic E-state index is 6.23. The highest BCUT2D eigenvalue weighted by Crippen LogP contribution is 2.23. The highest BCUT2D eigenvalue weighted by atomic mass is 35.5. The minimum Gasteiger partial charge on any atom is -0.327 e. The van der Waals surface area contributed by atoms with Crippen LogP contribution in [-0.2, 0) is 13.5 Å². The Morgan fingerprint density at radius 1 is 1.30 bits per heavy atom. The number of thioether (sulfide) groups is 1. The maximum absolute atomic E-state index is 6.23. The summed E-state index contributed by atoms with van der Waals surface area (Å²) in [5, 5.41) is 5.01. The molecule has 1 unspecified atom stereocenters. The molecule has 0 bridgehead atoms. The van der Waals surface area contributed by atoms with E-state index < -0.39 is 0 Å². The van der Waals surface area contributed by atoms with Crippen molar-refractivity contribution in [2.75, 3.05) is 5.75 Å². The predicted molar refractivity (Wildman–Crippen MR) is 86.5 cm³/mol. The highest BCUT2D eigenvalue weighted by Gasteiger charge is 2.14. The molecule has 2 aromatic rings. The molecule has 0 saturated heterocycles. The third-order valence-corrected chi connectivity index (χ3v) is 4.89. The van der Waals surface area contributed by atoms with Gasteiger partial charge in [0.15, 0.2) is 0 Å². The van der Waals surface area contributed by atoms with E-state index in [0.717, 1.165) is 23.4 Å². The second-order valence-electron chi connectivity index (χ2n) is 5.07. The van der Waals surface area contributed by atoms with Crippen molar-refractivity contribution in [2.24, 2.45) is 12.8 Å². The first kappa shape index (κ1) is 15.4. The van der Waals surface area contributed by atoms with Gasteiger partial charge in [0, 0.05) is 29.3 Å². The molecule has 1 aromatic carbocycles. The smallest absolute Gasteiger partial charge is 0.130 e. The van der Waals surface area contributed by atoms with Crippen molar-refractivity contribution >= 4 is 23.4 Å². The van der Waals surface area contributed by atoms with Crippen LogP contribution in [0.5, 0.6) is 0 Å². The zero-order valence-corrected chi connectivity index (χ0v) is 13.6. The summed E-state index contributed by atoms with van der Waals surface area (Å²) in [6.45, 7) is 4.06. The number of aryl methyl sites for hydroxylation is 3. The summed E-state index contributed by atoms with van der Waals surface area (Å²) in [5.41, 5.74) is 9.52. The van der Waals surface area contributed by atoms with Gasteiger partial charge >= 0.3 is 0 Å². The maximum Gasteiger partial charge on any atom is 0.130 e. The topological polar surface area (TPSA) is 43.8 Å². The van der Waals surface area contributed by atoms with Crippen molar-refractivity contribution in [1.82, 2.24) is 9.78 Å². The summed E-state index contributed by atoms with van der Waals surface area (Å²) in [5.74, 6) is 0.869. The lowest BCUT2D eigenvalue weighted by Crippen LogP contribution is -2.25. The van der Waals surface area contributed by atoms with Gasteiger partial charge in [0.05, 0.1) is 5.69 Å². The van der Waals surface area contributed by atoms with E-state index in [9.17, 15) is 0 Å². The van der Waals surface area contributed by atoms with E-state index >= 15 is 0 Å². The molecule has 2 rings (SSSR count). The van der Waals surface area contributed by atoms with Gasteiger partial charge in [0.1, 0.15) is 5.15 Å². The Morgan fingerprint density at radius 2 is 1.95 bits per heavy atom. The van der Waals surface area contributed by atoms with E-state index in [1.165, 1.54) is 10.5 Å². The summed E-state index contributed by atoms with van der Waals surface area (Å²) in [6, 6.07) is 8.58. The van der Waals surface area contributed by atoms with Crippen LogP contribution in [0.15, 0.2) is 29.2 Å². The minimum absolute atomic E-state index is 0.0710. The van der Waals surface area contributed by atoms with Gasteiger partial charge in [0.2, 0.25) is 0 Å². The molecule has 2 N–H and O–H groups in total. The lowest BCUT2D eigenvalue weighted by molar-refractivity contribution is 0.743. The molecule has 0 aliphatic rings. The molecule has 0 amide bonds. The molecule has 1 aromatic heterocycles. The van der Waals surface area contributed by atoms with Crippen LogP contribution in [0.3, 0.4) is 0 Å². The molecule has 0 fully saturated rings. The normalized spacial score (nSPS) is 12.7. The summed E-state index contributed by atoms with van der Waals surface area (Å²) in [7, 11) is 1.85. The third-order valence-electron chi connectivity index (χ3n) is 3.22. The van der Waals surface area contributed by atoms with Crippen molar-refractivity contribution in [3.63, 3.8) is 0 Å². The van der Waals surface area contributed by atoms with Gasteiger partial charge in [-0.15, -0.1) is 11.8 Å². The fraction of sp³-hybridized carbons (Fsp3) is 0.400. The zero-order chi connectivity index (χ0) is 14.7. The Balaban J connectivity index is 1.92. The highest BCUT2D eigenvalue weighted by molar-refractivity contribution is 7.99. The Labute approximate surface area is 129 Å². The van der Waals surface area contributed by atoms with Gasteiger partial charge in [-0.25, -0.2) is 0 Å². The predicted octanol–water partition coefficient (Wildman–Crippen LogP) is 3.35. The van der Waals surface area contributed by atoms with Crippen molar-refractivity contribution in [3.05, 3.63) is 46.2 Å². The van der Waals surface area contributed by atoms with Gasteiger partial charge in [-0.1, -0.05) is 29.3 Å². The Hall–Kier alpha value is -0.970. The average Bonchev–Trinajstić information content (AvgIpc) is 2.65. The van der Waals surface area contributed by atoms with E-state index in [1.54, 1.807) is 16.4 Å². The molecule has 108 valence electrons. The molecule has 5 heteroatoms. The van der Waals surface area contributed by atoms with Crippen LogP contribution in [-0.4, -0.2) is 21.6 Å². The molecule has 0 radical (unpaired) electrons. The first-order valence-corrected chi connectivity index (χ1v) is 7.96. The van der Waals surface area contributed by atoms with Gasteiger partial charge in [-0.3, -0.25) is 4.68 Å². The van der Waals surface area contributed by atoms with Gasteiger partial charge in [-0.2, -0.15) is 5.10 Å². The van der Waals surface area contributed by atoms with Crippen LogP contribution < -0.4 is 5.73 Å². The number of halogens is 1. The zero-order valence-electron chi connectivity index (χ0n) is 12.1. The van der Waals surface area contributed by atoms with E-state index in [0.29, 0.717) is 5.15 Å². The molecular weight excluding hydrogens is 290 g/mol. The van der Waals surface area contributed by atoms with Crippen LogP contribution >= 0.6 is 23.4 Å². The molecule has 0 aliphatic carbocycles. The lowest BCUT2D eigenvalue weighted by Gasteiger charge is -2.11. The summed E-state index contributed by atoms with van der Waals surface area (Å²) < 4.78 is 1.70. The fourth-order valence-electron chi connectivity index (χ4n) is 2.06. The van der Waals surface area contributed by atoms with Crippen LogP contribution in [0.1, 0.15) is 16.8 Å². The quantitative estimate of drug-likeness (QED) is 0.861. The van der Waals surface area contributed by atoms with E-state index in [-0.39, 0.29) is 6.04 Å². The van der Waals surface area contributed by atoms with Gasteiger partial charge in [-0.05, 0) is 32.4 Å². The van der Waals surface area contributed by atoms with Crippen molar-refractivity contribution in [1.29, 1.82) is 0 Å². The number of aromatic nitrogens is 2. The Bertz CT molecular complexity index is 578. The molecular formula is C15H20ClN3S. The molecule has 0 saturated carbocycles. The van der Waals surface area contributed by atoms with Crippen molar-refractivity contribution in [2.45, 2.75) is 31.2 Å². The fourth-order valence-corrected chi connectivity index (χ4v) is 3.17. The van der Waals surface area contributed by atoms with Gasteiger partial charge in [0.25, 0.3) is 0 Å². The standard InChI is InChI=1S/C15H20ClN3S/c1-10-4-6-13(7-5-10)20-9-12(17)8-14-11(2)18-19(3)15(14)16/h4-7,12H,8-9,17H2,1-3H3. The number of rotatable bonds is 5. The van der Waals surface area contributed by atoms with E-state index in [4.69, 9.17) is 17.3 Å². The number of benzene rings is 1. The summed E-state index contributed by atoms with van der Waals surface area (Å²) in [6.07, 6.45) is 0.761. The third kappa shape index (κ3) is 3.78. The summed E-state index contributed by atoms with van der Waals surface area (Å²) in [4.78, 5) is 1.25. The SMILES string of the molecule is Cc1ccc(SCC(N)Cc2c(C)nn(C)c2Cl)cc1. The number of hydrogen-bond acceptors (Lipinski definition) is 3. The molecule has 0 spiro atoms. The van der Waals surface area contributed by atoms with Crippen LogP contribution in [0.25, 0.3) is 0 Å². The lowest BCUT2D eigenvalue weighted by atomic mass is 10.1. The Kier molecular flexibility index (Phi) is 5.13. The molecule has 20 heavy (non-hydrogen) atoms. The van der Waals surface area contributed by atoms with Gasteiger partial charge < -0.3 is 5.73 Å². The number of nitrogens with two attached hydrogens (primary N) is 1. The first-order chi connectivity index (χ1) is 9.47. The Morgan fingerprint density at radius 3 is 2.50 bits per heavy atom. The number of hydrogen-bond donors (Lipinski definition) is 1. The average molecular weight is 310 g/mol. The molecule has 1 atom stereocenters. The molecule has 0 aliphatic heterocycles. The monoisotopic (exact) mass is 309 g/mol. The second kappa shape index (κ2) is 6.66. The van der Waals surface area contributed by atoms with E-state index in [1.807, 2.05) is 14.0 Å². The van der Waals surface area contributed by atoms with Crippen LogP contribution in [0.4, 0.5) is 0 Å². The van der Waals surface area contributed by atoms with Crippen molar-refractivity contribution < 1.29 is 0 Å². The van der Waals surface area contributed by atoms with Crippen molar-refractivity contribution in [3.8, 4) is 0 Å². The minimum atomic E-state index is 0.0710. The summed E-state index contributed by atoms with van der Waals surface area (Å²) >= 11 is 8.01. The molecule has 1 heterocycles. The second-order valence-corrected chi connectivity index (χ2v) is 6.52. The van der Waals surface area contributed by atoms with Crippen LogP contribution in [0, 0.1) is 13.8 Å².